The van der Waals surface area contributed by atoms with Crippen LogP contribution in [-0.2, 0) is 4.79 Å². The van der Waals surface area contributed by atoms with Crippen molar-refractivity contribution in [1.29, 1.82) is 10.8 Å². The summed E-state index contributed by atoms with van der Waals surface area (Å²) in [7, 11) is 0. The standard InChI is InChI=1S/C19H17ClN4O/c20-14-6-8-15(9-7-14)23-13-11-18(25)19(22)17(10-12-21)24-16-4-2-1-3-5-16/h1-9,12-13,21-22H,10-11H2. The smallest absolute Gasteiger partial charge is 0.187 e. The number of carbonyl (C=O) groups excluding carboxylic acids is 1. The van der Waals surface area contributed by atoms with E-state index in [1.54, 1.807) is 36.4 Å². The Morgan fingerprint density at radius 1 is 1.00 bits per heavy atom. The largest absolute Gasteiger partial charge is 0.313 e. The molecule has 2 aromatic rings. The molecule has 0 aliphatic heterocycles. The van der Waals surface area contributed by atoms with E-state index in [0.29, 0.717) is 16.4 Å². The molecule has 0 amide bonds. The molecule has 0 spiro atoms. The number of aliphatic imine (C=N–C) groups is 2. The van der Waals surface area contributed by atoms with Crippen molar-refractivity contribution in [1.82, 2.24) is 0 Å². The lowest BCUT2D eigenvalue weighted by Crippen LogP contribution is -2.23. The zero-order valence-corrected chi connectivity index (χ0v) is 14.2. The number of Topliss-reactive ketones (excluding diaryl/α,β-unsaturated/α-hetero) is 1. The molecule has 0 bridgehead atoms. The second-order valence-electron chi connectivity index (χ2n) is 5.09. The van der Waals surface area contributed by atoms with Gasteiger partial charge in [-0.3, -0.25) is 20.2 Å². The summed E-state index contributed by atoms with van der Waals surface area (Å²) in [6.45, 7) is 0. The zero-order valence-electron chi connectivity index (χ0n) is 13.4. The average Bonchev–Trinajstić information content (AvgIpc) is 2.63. The fourth-order valence-electron chi connectivity index (χ4n) is 1.98. The highest BCUT2D eigenvalue weighted by molar-refractivity contribution is 6.68. The summed E-state index contributed by atoms with van der Waals surface area (Å²) >= 11 is 5.80. The molecule has 0 saturated carbocycles. The van der Waals surface area contributed by atoms with E-state index in [0.717, 1.165) is 6.21 Å². The molecule has 0 radical (unpaired) electrons. The monoisotopic (exact) mass is 352 g/mol. The first kappa shape index (κ1) is 18.4. The minimum Gasteiger partial charge on any atom is -0.313 e. The molecule has 2 N–H and O–H groups in total. The first-order valence-corrected chi connectivity index (χ1v) is 7.99. The van der Waals surface area contributed by atoms with Gasteiger partial charge < -0.3 is 5.41 Å². The minimum absolute atomic E-state index is 0.00668. The van der Waals surface area contributed by atoms with Gasteiger partial charge in [-0.15, -0.1) is 0 Å². The summed E-state index contributed by atoms with van der Waals surface area (Å²) in [6, 6.07) is 16.0. The van der Waals surface area contributed by atoms with Gasteiger partial charge in [-0.25, -0.2) is 0 Å². The van der Waals surface area contributed by atoms with E-state index in [1.807, 2.05) is 18.2 Å². The molecule has 0 aliphatic rings. The van der Waals surface area contributed by atoms with E-state index in [2.05, 4.69) is 9.98 Å². The van der Waals surface area contributed by atoms with Gasteiger partial charge in [0.25, 0.3) is 0 Å². The Morgan fingerprint density at radius 3 is 2.32 bits per heavy atom. The zero-order chi connectivity index (χ0) is 18.1. The molecule has 2 aromatic carbocycles. The van der Waals surface area contributed by atoms with Crippen LogP contribution in [0.15, 0.2) is 64.6 Å². The SMILES string of the molecule is N=CCC(=Nc1ccccc1)C(=N)C(=O)CC=Nc1ccc(Cl)cc1. The Labute approximate surface area is 151 Å². The molecule has 0 atom stereocenters. The molecule has 0 unspecified atom stereocenters. The number of nitrogens with one attached hydrogen (secondary N) is 2. The van der Waals surface area contributed by atoms with Gasteiger partial charge in [0.2, 0.25) is 0 Å². The Morgan fingerprint density at radius 2 is 1.68 bits per heavy atom. The van der Waals surface area contributed by atoms with Crippen LogP contribution in [0.2, 0.25) is 5.02 Å². The molecule has 0 heterocycles. The molecule has 0 saturated heterocycles. The Balaban J connectivity index is 2.05. The lowest BCUT2D eigenvalue weighted by atomic mass is 10.1. The predicted octanol–water partition coefficient (Wildman–Crippen LogP) is 4.83. The first-order chi connectivity index (χ1) is 12.1. The van der Waals surface area contributed by atoms with Gasteiger partial charge in [0.1, 0.15) is 5.71 Å². The maximum absolute atomic E-state index is 12.2. The van der Waals surface area contributed by atoms with E-state index >= 15 is 0 Å². The van der Waals surface area contributed by atoms with Crippen molar-refractivity contribution < 1.29 is 4.79 Å². The van der Waals surface area contributed by atoms with Crippen LogP contribution in [0.4, 0.5) is 11.4 Å². The van der Waals surface area contributed by atoms with Gasteiger partial charge in [0, 0.05) is 30.3 Å². The number of halogens is 1. The van der Waals surface area contributed by atoms with Crippen molar-refractivity contribution in [2.75, 3.05) is 0 Å². The van der Waals surface area contributed by atoms with Gasteiger partial charge >= 0.3 is 0 Å². The maximum Gasteiger partial charge on any atom is 0.187 e. The van der Waals surface area contributed by atoms with E-state index in [-0.39, 0.29) is 24.3 Å². The number of rotatable bonds is 8. The van der Waals surface area contributed by atoms with E-state index in [4.69, 9.17) is 22.4 Å². The Hall–Kier alpha value is -2.92. The third-order valence-electron chi connectivity index (χ3n) is 3.23. The summed E-state index contributed by atoms with van der Waals surface area (Å²) in [5.74, 6) is -0.394. The second kappa shape index (κ2) is 9.39. The highest BCUT2D eigenvalue weighted by Crippen LogP contribution is 2.16. The number of ketones is 1. The molecular weight excluding hydrogens is 336 g/mol. The van der Waals surface area contributed by atoms with Crippen molar-refractivity contribution in [3.8, 4) is 0 Å². The number of hydrogen-bond donors (Lipinski definition) is 2. The molecule has 0 fully saturated rings. The van der Waals surface area contributed by atoms with Gasteiger partial charge in [-0.2, -0.15) is 0 Å². The maximum atomic E-state index is 12.2. The number of carbonyl (C=O) groups is 1. The second-order valence-corrected chi connectivity index (χ2v) is 5.53. The molecule has 126 valence electrons. The third-order valence-corrected chi connectivity index (χ3v) is 3.48. The summed E-state index contributed by atoms with van der Waals surface area (Å²) in [6.07, 6.45) is 2.72. The molecule has 2 rings (SSSR count). The van der Waals surface area contributed by atoms with Gasteiger partial charge in [-0.05, 0) is 36.4 Å². The van der Waals surface area contributed by atoms with E-state index in [1.165, 1.54) is 6.21 Å². The fourth-order valence-corrected chi connectivity index (χ4v) is 2.11. The van der Waals surface area contributed by atoms with Crippen LogP contribution in [0.3, 0.4) is 0 Å². The van der Waals surface area contributed by atoms with Gasteiger partial charge in [0.05, 0.1) is 17.1 Å². The molecule has 5 nitrogen and oxygen atoms in total. The topological polar surface area (TPSA) is 89.5 Å². The molecule has 6 heteroatoms. The van der Waals surface area contributed by atoms with Crippen LogP contribution >= 0.6 is 11.6 Å². The number of benzene rings is 2. The van der Waals surface area contributed by atoms with Crippen LogP contribution in [0.1, 0.15) is 12.8 Å². The summed E-state index contributed by atoms with van der Waals surface area (Å²) in [4.78, 5) is 20.7. The summed E-state index contributed by atoms with van der Waals surface area (Å²) < 4.78 is 0. The fraction of sp³-hybridized carbons (Fsp3) is 0.105. The van der Waals surface area contributed by atoms with Crippen LogP contribution < -0.4 is 0 Å². The lowest BCUT2D eigenvalue weighted by molar-refractivity contribution is -0.111. The van der Waals surface area contributed by atoms with Crippen LogP contribution in [0.25, 0.3) is 0 Å². The van der Waals surface area contributed by atoms with Gasteiger partial charge in [0.15, 0.2) is 5.78 Å². The van der Waals surface area contributed by atoms with Crippen molar-refractivity contribution in [2.24, 2.45) is 9.98 Å². The van der Waals surface area contributed by atoms with E-state index < -0.39 is 5.78 Å². The highest BCUT2D eigenvalue weighted by atomic mass is 35.5. The first-order valence-electron chi connectivity index (χ1n) is 7.62. The van der Waals surface area contributed by atoms with Crippen LogP contribution in [0, 0.1) is 10.8 Å². The third kappa shape index (κ3) is 5.90. The highest BCUT2D eigenvalue weighted by Gasteiger charge is 2.14. The average molecular weight is 353 g/mol. The molecular formula is C19H17ClN4O. The Bertz CT molecular complexity index is 811. The predicted molar refractivity (Wildman–Crippen MR) is 104 cm³/mol. The molecule has 25 heavy (non-hydrogen) atoms. The summed E-state index contributed by atoms with van der Waals surface area (Å²) in [5.41, 5.74) is 1.40. The van der Waals surface area contributed by atoms with Crippen molar-refractivity contribution >= 4 is 52.6 Å². The number of nitrogens with zero attached hydrogens (tertiary/aromatic N) is 2. The quantitative estimate of drug-likeness (QED) is 0.654. The minimum atomic E-state index is -0.394. The Kier molecular flexibility index (Phi) is 6.92. The number of hydrogen-bond acceptors (Lipinski definition) is 5. The van der Waals surface area contributed by atoms with Crippen LogP contribution in [0.5, 0.6) is 0 Å². The van der Waals surface area contributed by atoms with Crippen molar-refractivity contribution in [3.05, 3.63) is 59.6 Å². The number of para-hydroxylation sites is 1. The lowest BCUT2D eigenvalue weighted by Gasteiger charge is -2.04. The normalized spacial score (nSPS) is 11.5. The van der Waals surface area contributed by atoms with Crippen molar-refractivity contribution in [2.45, 2.75) is 12.8 Å². The molecule has 0 aromatic heterocycles. The summed E-state index contributed by atoms with van der Waals surface area (Å²) in [5, 5.41) is 15.9. The van der Waals surface area contributed by atoms with Crippen LogP contribution in [-0.4, -0.2) is 29.6 Å². The molecule has 0 aliphatic carbocycles. The van der Waals surface area contributed by atoms with Gasteiger partial charge in [-0.1, -0.05) is 29.8 Å². The van der Waals surface area contributed by atoms with Crippen molar-refractivity contribution in [3.63, 3.8) is 0 Å². The van der Waals surface area contributed by atoms with E-state index in [9.17, 15) is 4.79 Å².